The molecule has 2 rings (SSSR count). The fraction of sp³-hybridized carbons (Fsp3) is 0.889. The molecule has 0 aliphatic heterocycles. The molecule has 1 saturated carbocycles. The zero-order valence-corrected chi connectivity index (χ0v) is 13.3. The average molecular weight is 263 g/mol. The molecule has 0 spiro atoms. The molecule has 110 valence electrons. The zero-order valence-electron chi connectivity index (χ0n) is 13.3. The van der Waals surface area contributed by atoms with Gasteiger partial charge in [-0.2, -0.15) is 0 Å². The van der Waals surface area contributed by atoms with E-state index < -0.39 is 0 Å². The van der Waals surface area contributed by atoms with Gasteiger partial charge < -0.3 is 5.32 Å². The lowest BCUT2D eigenvalue weighted by Gasteiger charge is -2.44. The third-order valence-corrected chi connectivity index (χ3v) is 5.53. The van der Waals surface area contributed by atoms with Gasteiger partial charge in [-0.3, -0.25) is 0 Å². The van der Waals surface area contributed by atoms with Crippen LogP contribution in [0.1, 0.15) is 78.1 Å². The quantitative estimate of drug-likeness (QED) is 0.701. The smallest absolute Gasteiger partial charge is 0.0310 e. The molecule has 0 aromatic carbocycles. The van der Waals surface area contributed by atoms with Crippen LogP contribution in [0.15, 0.2) is 11.6 Å². The third-order valence-electron chi connectivity index (χ3n) is 5.53. The highest BCUT2D eigenvalue weighted by Crippen LogP contribution is 2.44. The minimum atomic E-state index is 0.509. The van der Waals surface area contributed by atoms with Crippen molar-refractivity contribution in [3.63, 3.8) is 0 Å². The van der Waals surface area contributed by atoms with Gasteiger partial charge in [0.15, 0.2) is 0 Å². The van der Waals surface area contributed by atoms with Crippen molar-refractivity contribution < 1.29 is 0 Å². The molecule has 2 unspecified atom stereocenters. The molecule has 0 heterocycles. The summed E-state index contributed by atoms with van der Waals surface area (Å²) in [6.45, 7) is 4.98. The van der Waals surface area contributed by atoms with Crippen LogP contribution in [0.25, 0.3) is 0 Å². The summed E-state index contributed by atoms with van der Waals surface area (Å²) in [6, 6.07) is 0.633. The Morgan fingerprint density at radius 3 is 2.63 bits per heavy atom. The number of hydrogen-bond donors (Lipinski definition) is 1. The van der Waals surface area contributed by atoms with Crippen molar-refractivity contribution in [2.75, 3.05) is 7.05 Å². The normalized spacial score (nSPS) is 30.1. The van der Waals surface area contributed by atoms with Crippen LogP contribution in [-0.4, -0.2) is 13.1 Å². The molecule has 0 aromatic heterocycles. The van der Waals surface area contributed by atoms with Gasteiger partial charge in [-0.25, -0.2) is 0 Å². The Morgan fingerprint density at radius 1 is 1.11 bits per heavy atom. The summed E-state index contributed by atoms with van der Waals surface area (Å²) in [6.07, 6.45) is 16.6. The molecule has 2 atom stereocenters. The van der Waals surface area contributed by atoms with E-state index >= 15 is 0 Å². The van der Waals surface area contributed by atoms with Crippen LogP contribution in [-0.2, 0) is 0 Å². The molecular formula is C18H33N. The molecule has 0 radical (unpaired) electrons. The number of likely N-dealkylation sites (N-methyl/N-ethyl adjacent to an activating group) is 1. The standard InChI is InChI=1S/C18H33N/c1-18(2)14-10-9-13-16(18)17(19-3)15-11-7-5-4-6-8-12-15/h11,16-17,19H,4-10,12-14H2,1-3H3. The summed E-state index contributed by atoms with van der Waals surface area (Å²) in [5.74, 6) is 0.830. The van der Waals surface area contributed by atoms with Gasteiger partial charge in [0.05, 0.1) is 0 Å². The van der Waals surface area contributed by atoms with Crippen molar-refractivity contribution in [2.24, 2.45) is 11.3 Å². The Bertz CT molecular complexity index is 303. The average Bonchev–Trinajstić information content (AvgIpc) is 2.33. The molecule has 0 saturated heterocycles. The molecule has 0 bridgehead atoms. The van der Waals surface area contributed by atoms with E-state index in [9.17, 15) is 0 Å². The van der Waals surface area contributed by atoms with Crippen LogP contribution < -0.4 is 5.32 Å². The predicted molar refractivity (Wildman–Crippen MR) is 84.4 cm³/mol. The van der Waals surface area contributed by atoms with Crippen LogP contribution in [0.2, 0.25) is 0 Å². The molecule has 2 aliphatic rings. The Kier molecular flexibility index (Phi) is 5.50. The van der Waals surface area contributed by atoms with Crippen LogP contribution in [0.3, 0.4) is 0 Å². The monoisotopic (exact) mass is 263 g/mol. The Labute approximate surface area is 120 Å². The van der Waals surface area contributed by atoms with Gasteiger partial charge in [0, 0.05) is 6.04 Å². The second-order valence-electron chi connectivity index (χ2n) is 7.34. The summed E-state index contributed by atoms with van der Waals surface area (Å²) in [5, 5.41) is 3.68. The SMILES string of the molecule is CNC(C1=CCCCCCC1)C1CCCCC1(C)C. The van der Waals surface area contributed by atoms with Gasteiger partial charge in [0.2, 0.25) is 0 Å². The van der Waals surface area contributed by atoms with Gasteiger partial charge in [-0.15, -0.1) is 0 Å². The van der Waals surface area contributed by atoms with Crippen molar-refractivity contribution in [3.05, 3.63) is 11.6 Å². The lowest BCUT2D eigenvalue weighted by molar-refractivity contribution is 0.111. The fourth-order valence-electron chi connectivity index (χ4n) is 4.28. The van der Waals surface area contributed by atoms with E-state index in [2.05, 4.69) is 32.3 Å². The lowest BCUT2D eigenvalue weighted by atomic mass is 9.64. The topological polar surface area (TPSA) is 12.0 Å². The van der Waals surface area contributed by atoms with Gasteiger partial charge >= 0.3 is 0 Å². The van der Waals surface area contributed by atoms with Crippen LogP contribution in [0.5, 0.6) is 0 Å². The molecule has 2 aliphatic carbocycles. The van der Waals surface area contributed by atoms with Crippen LogP contribution >= 0.6 is 0 Å². The second-order valence-corrected chi connectivity index (χ2v) is 7.34. The zero-order chi connectivity index (χ0) is 13.7. The van der Waals surface area contributed by atoms with Crippen molar-refractivity contribution in [1.29, 1.82) is 0 Å². The third kappa shape index (κ3) is 3.84. The van der Waals surface area contributed by atoms with E-state index in [1.807, 2.05) is 0 Å². The van der Waals surface area contributed by atoms with E-state index in [0.717, 1.165) is 5.92 Å². The molecule has 19 heavy (non-hydrogen) atoms. The van der Waals surface area contributed by atoms with E-state index in [4.69, 9.17) is 0 Å². The van der Waals surface area contributed by atoms with Gasteiger partial charge in [0.1, 0.15) is 0 Å². The van der Waals surface area contributed by atoms with E-state index in [1.165, 1.54) is 64.2 Å². The summed E-state index contributed by atoms with van der Waals surface area (Å²) >= 11 is 0. The highest BCUT2D eigenvalue weighted by molar-refractivity contribution is 5.15. The molecule has 1 N–H and O–H groups in total. The molecule has 1 heteroatoms. The minimum absolute atomic E-state index is 0.509. The molecule has 1 fully saturated rings. The number of allylic oxidation sites excluding steroid dienone is 1. The number of rotatable bonds is 3. The Morgan fingerprint density at radius 2 is 1.89 bits per heavy atom. The van der Waals surface area contributed by atoms with Gasteiger partial charge in [-0.1, -0.05) is 51.2 Å². The highest BCUT2D eigenvalue weighted by Gasteiger charge is 2.38. The van der Waals surface area contributed by atoms with E-state index in [0.29, 0.717) is 11.5 Å². The lowest BCUT2D eigenvalue weighted by Crippen LogP contribution is -2.44. The summed E-state index contributed by atoms with van der Waals surface area (Å²) in [4.78, 5) is 0. The van der Waals surface area contributed by atoms with E-state index in [1.54, 1.807) is 5.57 Å². The first-order valence-corrected chi connectivity index (χ1v) is 8.51. The number of nitrogens with one attached hydrogen (secondary N) is 1. The maximum atomic E-state index is 3.68. The van der Waals surface area contributed by atoms with Crippen molar-refractivity contribution in [2.45, 2.75) is 84.1 Å². The van der Waals surface area contributed by atoms with Crippen molar-refractivity contribution in [1.82, 2.24) is 5.32 Å². The predicted octanol–water partition coefficient (Wildman–Crippen LogP) is 5.07. The van der Waals surface area contributed by atoms with Crippen molar-refractivity contribution >= 4 is 0 Å². The second kappa shape index (κ2) is 6.92. The highest BCUT2D eigenvalue weighted by atomic mass is 14.9. The van der Waals surface area contributed by atoms with Crippen LogP contribution in [0.4, 0.5) is 0 Å². The molecule has 1 nitrogen and oxygen atoms in total. The molecule has 0 aromatic rings. The summed E-state index contributed by atoms with van der Waals surface area (Å²) < 4.78 is 0. The Balaban J connectivity index is 2.12. The van der Waals surface area contributed by atoms with Crippen molar-refractivity contribution in [3.8, 4) is 0 Å². The first kappa shape index (κ1) is 15.1. The van der Waals surface area contributed by atoms with Crippen LogP contribution in [0, 0.1) is 11.3 Å². The Hall–Kier alpha value is -0.300. The first-order chi connectivity index (χ1) is 9.15. The van der Waals surface area contributed by atoms with E-state index in [-0.39, 0.29) is 0 Å². The summed E-state index contributed by atoms with van der Waals surface area (Å²) in [7, 11) is 2.18. The summed E-state index contributed by atoms with van der Waals surface area (Å²) in [5.41, 5.74) is 2.23. The first-order valence-electron chi connectivity index (χ1n) is 8.51. The molecule has 0 amide bonds. The fourth-order valence-corrected chi connectivity index (χ4v) is 4.28. The largest absolute Gasteiger partial charge is 0.313 e. The minimum Gasteiger partial charge on any atom is -0.313 e. The maximum Gasteiger partial charge on any atom is 0.0310 e. The number of hydrogen-bond acceptors (Lipinski definition) is 1. The molecular weight excluding hydrogens is 230 g/mol. The van der Waals surface area contributed by atoms with Gasteiger partial charge in [-0.05, 0) is 56.9 Å². The maximum absolute atomic E-state index is 3.68. The van der Waals surface area contributed by atoms with Gasteiger partial charge in [0.25, 0.3) is 0 Å².